The first-order chi connectivity index (χ1) is 15.3. The molecule has 1 amide bonds. The molecular formula is C23H25N5O2S. The Hall–Kier alpha value is -3.05. The van der Waals surface area contributed by atoms with E-state index >= 15 is 0 Å². The molecular weight excluding hydrogens is 410 g/mol. The molecule has 1 fully saturated rings. The lowest BCUT2D eigenvalue weighted by molar-refractivity contribution is -0.116. The van der Waals surface area contributed by atoms with Gasteiger partial charge in [-0.05, 0) is 37.1 Å². The fourth-order valence-corrected chi connectivity index (χ4v) is 4.87. The van der Waals surface area contributed by atoms with Crippen molar-refractivity contribution in [1.29, 1.82) is 5.26 Å². The Morgan fingerprint density at radius 3 is 2.68 bits per heavy atom. The molecule has 0 unspecified atom stereocenters. The molecule has 0 spiro atoms. The van der Waals surface area contributed by atoms with Crippen LogP contribution in [0.15, 0.2) is 58.3 Å². The summed E-state index contributed by atoms with van der Waals surface area (Å²) in [6, 6.07) is 15.7. The molecule has 0 saturated heterocycles. The number of amides is 1. The first-order valence-electron chi connectivity index (χ1n) is 10.6. The molecule has 7 nitrogen and oxygen atoms in total. The van der Waals surface area contributed by atoms with E-state index in [4.69, 9.17) is 9.68 Å². The Balaban J connectivity index is 1.54. The lowest BCUT2D eigenvalue weighted by Crippen LogP contribution is -2.33. The van der Waals surface area contributed by atoms with Crippen molar-refractivity contribution in [3.8, 4) is 17.7 Å². The van der Waals surface area contributed by atoms with E-state index in [1.165, 1.54) is 31.0 Å². The Kier molecular flexibility index (Phi) is 7.05. The zero-order valence-corrected chi connectivity index (χ0v) is 18.1. The average molecular weight is 436 g/mol. The second-order valence-electron chi connectivity index (χ2n) is 7.52. The van der Waals surface area contributed by atoms with E-state index in [0.717, 1.165) is 29.5 Å². The zero-order valence-electron chi connectivity index (χ0n) is 17.3. The molecule has 1 aromatic carbocycles. The standard InChI is InChI=1S/C23H25N5O2S/c24-14-8-15-27(18-9-3-1-4-10-18)21(29)17-31-23-26-25-22(20-13-7-16-30-20)28(23)19-11-5-2-6-12-19/h1,3-4,7,9-10,13,16,19H,2,5-6,8,11-12,15,17H2. The largest absolute Gasteiger partial charge is 0.461 e. The maximum Gasteiger partial charge on any atom is 0.237 e. The number of furan rings is 1. The van der Waals surface area contributed by atoms with E-state index in [-0.39, 0.29) is 18.1 Å². The van der Waals surface area contributed by atoms with Crippen LogP contribution in [0.1, 0.15) is 44.6 Å². The number of carbonyl (C=O) groups excluding carboxylic acids is 1. The Morgan fingerprint density at radius 1 is 1.16 bits per heavy atom. The molecule has 0 bridgehead atoms. The molecule has 2 aromatic heterocycles. The molecule has 2 heterocycles. The number of thioether (sulfide) groups is 1. The van der Waals surface area contributed by atoms with Crippen LogP contribution < -0.4 is 4.90 Å². The van der Waals surface area contributed by atoms with E-state index < -0.39 is 0 Å². The van der Waals surface area contributed by atoms with Crippen molar-refractivity contribution < 1.29 is 9.21 Å². The highest BCUT2D eigenvalue weighted by molar-refractivity contribution is 7.99. The Labute approximate surface area is 186 Å². The maximum absolute atomic E-state index is 13.1. The third-order valence-electron chi connectivity index (χ3n) is 5.49. The number of hydrogen-bond acceptors (Lipinski definition) is 6. The Bertz CT molecular complexity index is 1020. The van der Waals surface area contributed by atoms with E-state index in [0.29, 0.717) is 18.3 Å². The number of nitrogens with zero attached hydrogens (tertiary/aromatic N) is 5. The van der Waals surface area contributed by atoms with Crippen LogP contribution in [-0.4, -0.2) is 33.0 Å². The summed E-state index contributed by atoms with van der Waals surface area (Å²) in [5.41, 5.74) is 0.799. The van der Waals surface area contributed by atoms with Crippen LogP contribution in [0.4, 0.5) is 5.69 Å². The number of hydrogen-bond donors (Lipinski definition) is 0. The second-order valence-corrected chi connectivity index (χ2v) is 8.47. The molecule has 3 aromatic rings. The van der Waals surface area contributed by atoms with E-state index in [1.54, 1.807) is 11.2 Å². The molecule has 1 saturated carbocycles. The predicted octanol–water partition coefficient (Wildman–Crippen LogP) is 5.08. The summed E-state index contributed by atoms with van der Waals surface area (Å²) in [6.07, 6.45) is 7.68. The van der Waals surface area contributed by atoms with Crippen LogP contribution in [0.2, 0.25) is 0 Å². The first kappa shape index (κ1) is 21.2. The van der Waals surface area contributed by atoms with Gasteiger partial charge in [0.25, 0.3) is 0 Å². The van der Waals surface area contributed by atoms with Crippen molar-refractivity contribution in [2.75, 3.05) is 17.2 Å². The van der Waals surface area contributed by atoms with Gasteiger partial charge in [-0.2, -0.15) is 5.26 Å². The smallest absolute Gasteiger partial charge is 0.237 e. The normalized spacial score (nSPS) is 14.3. The minimum absolute atomic E-state index is 0.0517. The van der Waals surface area contributed by atoms with Crippen molar-refractivity contribution in [3.63, 3.8) is 0 Å². The van der Waals surface area contributed by atoms with Crippen LogP contribution in [0.5, 0.6) is 0 Å². The van der Waals surface area contributed by atoms with Crippen molar-refractivity contribution >= 4 is 23.4 Å². The number of nitriles is 1. The first-order valence-corrected chi connectivity index (χ1v) is 11.6. The highest BCUT2D eigenvalue weighted by Gasteiger charge is 2.26. The lowest BCUT2D eigenvalue weighted by Gasteiger charge is -2.25. The van der Waals surface area contributed by atoms with Crippen molar-refractivity contribution in [2.45, 2.75) is 49.7 Å². The van der Waals surface area contributed by atoms with E-state index in [1.807, 2.05) is 42.5 Å². The Morgan fingerprint density at radius 2 is 1.97 bits per heavy atom. The van der Waals surface area contributed by atoms with Crippen molar-refractivity contribution in [3.05, 3.63) is 48.7 Å². The van der Waals surface area contributed by atoms with Gasteiger partial charge in [0, 0.05) is 18.3 Å². The van der Waals surface area contributed by atoms with Gasteiger partial charge in [-0.3, -0.25) is 9.36 Å². The fraction of sp³-hybridized carbons (Fsp3) is 0.391. The minimum Gasteiger partial charge on any atom is -0.461 e. The van der Waals surface area contributed by atoms with Gasteiger partial charge in [0.05, 0.1) is 24.5 Å². The molecule has 0 aliphatic heterocycles. The minimum atomic E-state index is -0.0517. The number of benzene rings is 1. The highest BCUT2D eigenvalue weighted by atomic mass is 32.2. The average Bonchev–Trinajstić information content (AvgIpc) is 3.49. The molecule has 31 heavy (non-hydrogen) atoms. The highest BCUT2D eigenvalue weighted by Crippen LogP contribution is 2.35. The van der Waals surface area contributed by atoms with Crippen LogP contribution >= 0.6 is 11.8 Å². The second kappa shape index (κ2) is 10.3. The van der Waals surface area contributed by atoms with Gasteiger partial charge in [-0.1, -0.05) is 49.2 Å². The van der Waals surface area contributed by atoms with Gasteiger partial charge in [0.2, 0.25) is 11.7 Å². The van der Waals surface area contributed by atoms with Crippen LogP contribution in [0.3, 0.4) is 0 Å². The summed E-state index contributed by atoms with van der Waals surface area (Å²) in [6.45, 7) is 0.368. The zero-order chi connectivity index (χ0) is 21.5. The van der Waals surface area contributed by atoms with Crippen molar-refractivity contribution in [2.24, 2.45) is 0 Å². The van der Waals surface area contributed by atoms with Crippen molar-refractivity contribution in [1.82, 2.24) is 14.8 Å². The molecule has 1 aliphatic carbocycles. The van der Waals surface area contributed by atoms with Gasteiger partial charge in [0.1, 0.15) is 0 Å². The van der Waals surface area contributed by atoms with Gasteiger partial charge >= 0.3 is 0 Å². The number of anilines is 1. The number of para-hydroxylation sites is 1. The fourth-order valence-electron chi connectivity index (χ4n) is 3.99. The molecule has 0 atom stereocenters. The van der Waals surface area contributed by atoms with Gasteiger partial charge in [0.15, 0.2) is 10.9 Å². The molecule has 160 valence electrons. The monoisotopic (exact) mass is 435 g/mol. The topological polar surface area (TPSA) is 87.9 Å². The van der Waals surface area contributed by atoms with E-state index in [2.05, 4.69) is 20.8 Å². The SMILES string of the molecule is N#CCCN(C(=O)CSc1nnc(-c2ccco2)n1C1CCCCC1)c1ccccc1. The van der Waals surface area contributed by atoms with Crippen LogP contribution in [0.25, 0.3) is 11.6 Å². The lowest BCUT2D eigenvalue weighted by atomic mass is 9.95. The molecule has 0 radical (unpaired) electrons. The summed E-state index contributed by atoms with van der Waals surface area (Å²) >= 11 is 1.40. The van der Waals surface area contributed by atoms with Crippen LogP contribution in [-0.2, 0) is 4.79 Å². The molecule has 4 rings (SSSR count). The van der Waals surface area contributed by atoms with Gasteiger partial charge in [-0.15, -0.1) is 10.2 Å². The van der Waals surface area contributed by atoms with Gasteiger partial charge < -0.3 is 9.32 Å². The maximum atomic E-state index is 13.1. The number of aromatic nitrogens is 3. The third-order valence-corrected chi connectivity index (χ3v) is 6.41. The quantitative estimate of drug-likeness (QED) is 0.458. The number of carbonyl (C=O) groups is 1. The number of rotatable bonds is 8. The molecule has 8 heteroatoms. The summed E-state index contributed by atoms with van der Waals surface area (Å²) < 4.78 is 7.74. The molecule has 0 N–H and O–H groups in total. The third kappa shape index (κ3) is 5.00. The summed E-state index contributed by atoms with van der Waals surface area (Å²) in [5, 5.41) is 18.5. The summed E-state index contributed by atoms with van der Waals surface area (Å²) in [7, 11) is 0. The summed E-state index contributed by atoms with van der Waals surface area (Å²) in [5.74, 6) is 1.58. The summed E-state index contributed by atoms with van der Waals surface area (Å²) in [4.78, 5) is 14.7. The molecule has 1 aliphatic rings. The predicted molar refractivity (Wildman–Crippen MR) is 120 cm³/mol. The van der Waals surface area contributed by atoms with Gasteiger partial charge in [-0.25, -0.2) is 0 Å². The van der Waals surface area contributed by atoms with Crippen LogP contribution in [0, 0.1) is 11.3 Å². The van der Waals surface area contributed by atoms with E-state index in [9.17, 15) is 4.79 Å².